The van der Waals surface area contributed by atoms with Gasteiger partial charge in [0.1, 0.15) is 11.5 Å². The van der Waals surface area contributed by atoms with E-state index in [4.69, 9.17) is 15.2 Å². The molecule has 2 N–H and O–H groups in total. The first-order valence-electron chi connectivity index (χ1n) is 6.23. The maximum atomic E-state index is 6.11. The Morgan fingerprint density at radius 2 is 1.60 bits per heavy atom. The van der Waals surface area contributed by atoms with Gasteiger partial charge in [-0.3, -0.25) is 0 Å². The molecule has 1 aromatic heterocycles. The van der Waals surface area contributed by atoms with Gasteiger partial charge in [0.2, 0.25) is 0 Å². The van der Waals surface area contributed by atoms with E-state index in [9.17, 15) is 0 Å². The lowest BCUT2D eigenvalue weighted by atomic mass is 10.1. The van der Waals surface area contributed by atoms with Crippen LogP contribution >= 0.6 is 11.3 Å². The minimum absolute atomic E-state index is 0.725. The van der Waals surface area contributed by atoms with E-state index in [2.05, 4.69) is 12.1 Å². The molecule has 4 heteroatoms. The highest BCUT2D eigenvalue weighted by atomic mass is 32.1. The highest BCUT2D eigenvalue weighted by molar-refractivity contribution is 7.22. The summed E-state index contributed by atoms with van der Waals surface area (Å²) >= 11 is 1.71. The molecule has 0 spiro atoms. The van der Waals surface area contributed by atoms with E-state index < -0.39 is 0 Å². The first kappa shape index (κ1) is 12.8. The normalized spacial score (nSPS) is 10.7. The van der Waals surface area contributed by atoms with E-state index >= 15 is 0 Å². The van der Waals surface area contributed by atoms with Crippen molar-refractivity contribution < 1.29 is 9.47 Å². The molecule has 20 heavy (non-hydrogen) atoms. The fourth-order valence-corrected chi connectivity index (χ4v) is 3.30. The summed E-state index contributed by atoms with van der Waals surface area (Å²) in [5, 5.41) is 1.20. The van der Waals surface area contributed by atoms with Gasteiger partial charge in [-0.05, 0) is 41.8 Å². The number of nitrogen functional groups attached to an aromatic ring is 1. The van der Waals surface area contributed by atoms with E-state index in [-0.39, 0.29) is 0 Å². The van der Waals surface area contributed by atoms with Crippen LogP contribution < -0.4 is 15.2 Å². The average Bonchev–Trinajstić information content (AvgIpc) is 2.89. The number of anilines is 1. The van der Waals surface area contributed by atoms with Crippen LogP contribution in [0.15, 0.2) is 42.5 Å². The topological polar surface area (TPSA) is 44.5 Å². The molecule has 0 amide bonds. The van der Waals surface area contributed by atoms with Crippen molar-refractivity contribution in [2.45, 2.75) is 0 Å². The van der Waals surface area contributed by atoms with E-state index in [0.717, 1.165) is 27.6 Å². The molecule has 2 aromatic carbocycles. The van der Waals surface area contributed by atoms with Crippen molar-refractivity contribution in [3.05, 3.63) is 42.5 Å². The maximum absolute atomic E-state index is 6.11. The van der Waals surface area contributed by atoms with Crippen LogP contribution in [0.3, 0.4) is 0 Å². The highest BCUT2D eigenvalue weighted by Gasteiger charge is 2.09. The number of fused-ring (bicyclic) bond motifs is 1. The van der Waals surface area contributed by atoms with Crippen molar-refractivity contribution in [1.29, 1.82) is 0 Å². The zero-order valence-corrected chi connectivity index (χ0v) is 12.2. The minimum Gasteiger partial charge on any atom is -0.497 e. The first-order chi connectivity index (χ1) is 9.71. The molecule has 0 unspecified atom stereocenters. The van der Waals surface area contributed by atoms with Gasteiger partial charge in [-0.15, -0.1) is 11.3 Å². The maximum Gasteiger partial charge on any atom is 0.120 e. The van der Waals surface area contributed by atoms with Crippen LogP contribution in [-0.4, -0.2) is 14.2 Å². The largest absolute Gasteiger partial charge is 0.497 e. The van der Waals surface area contributed by atoms with Crippen molar-refractivity contribution in [2.24, 2.45) is 0 Å². The van der Waals surface area contributed by atoms with Crippen LogP contribution in [0.25, 0.3) is 20.5 Å². The van der Waals surface area contributed by atoms with Gasteiger partial charge in [-0.2, -0.15) is 0 Å². The van der Waals surface area contributed by atoms with E-state index in [0.29, 0.717) is 0 Å². The van der Waals surface area contributed by atoms with Gasteiger partial charge < -0.3 is 15.2 Å². The number of nitrogens with two attached hydrogens (primary N) is 1. The van der Waals surface area contributed by atoms with Crippen LogP contribution in [0, 0.1) is 0 Å². The van der Waals surface area contributed by atoms with E-state index in [1.54, 1.807) is 25.6 Å². The number of benzene rings is 2. The predicted molar refractivity (Wildman–Crippen MR) is 84.8 cm³/mol. The fraction of sp³-hybridized carbons (Fsp3) is 0.125. The molecule has 3 rings (SSSR count). The Labute approximate surface area is 121 Å². The van der Waals surface area contributed by atoms with Crippen LogP contribution in [0.2, 0.25) is 0 Å². The molecule has 102 valence electrons. The van der Waals surface area contributed by atoms with E-state index in [1.165, 1.54) is 10.1 Å². The van der Waals surface area contributed by atoms with Crippen molar-refractivity contribution >= 4 is 27.1 Å². The zero-order valence-electron chi connectivity index (χ0n) is 11.3. The van der Waals surface area contributed by atoms with Gasteiger partial charge in [-0.1, -0.05) is 0 Å². The Morgan fingerprint density at radius 1 is 0.900 bits per heavy atom. The first-order valence-corrected chi connectivity index (χ1v) is 7.04. The lowest BCUT2D eigenvalue weighted by molar-refractivity contribution is 0.415. The molecule has 1 heterocycles. The standard InChI is InChI=1S/C16H15NO2S/c1-18-11-5-6-13(14(17)8-11)16-7-10-3-4-12(19-2)9-15(10)20-16/h3-9H,17H2,1-2H3. The summed E-state index contributed by atoms with van der Waals surface area (Å²) in [5.74, 6) is 1.64. The predicted octanol–water partition coefficient (Wildman–Crippen LogP) is 4.17. The third-order valence-electron chi connectivity index (χ3n) is 3.25. The number of hydrogen-bond donors (Lipinski definition) is 1. The molecule has 0 atom stereocenters. The van der Waals surface area contributed by atoms with Gasteiger partial charge in [0.05, 0.1) is 14.2 Å². The summed E-state index contributed by atoms with van der Waals surface area (Å²) in [6, 6.07) is 14.0. The molecular weight excluding hydrogens is 270 g/mol. The Hall–Kier alpha value is -2.20. The molecular formula is C16H15NO2S. The summed E-state index contributed by atoms with van der Waals surface area (Å²) in [4.78, 5) is 1.15. The smallest absolute Gasteiger partial charge is 0.120 e. The lowest BCUT2D eigenvalue weighted by Crippen LogP contribution is -1.90. The monoisotopic (exact) mass is 285 g/mol. The van der Waals surface area contributed by atoms with Crippen molar-refractivity contribution in [3.8, 4) is 21.9 Å². The van der Waals surface area contributed by atoms with Gasteiger partial charge in [0.25, 0.3) is 0 Å². The molecule has 0 aliphatic heterocycles. The van der Waals surface area contributed by atoms with Crippen molar-refractivity contribution in [3.63, 3.8) is 0 Å². The Morgan fingerprint density at radius 3 is 2.30 bits per heavy atom. The molecule has 3 nitrogen and oxygen atoms in total. The Balaban J connectivity index is 2.10. The van der Waals surface area contributed by atoms with Crippen LogP contribution in [0.4, 0.5) is 5.69 Å². The summed E-state index contributed by atoms with van der Waals surface area (Å²) in [6.45, 7) is 0. The van der Waals surface area contributed by atoms with Gasteiger partial charge in [0, 0.05) is 26.9 Å². The van der Waals surface area contributed by atoms with E-state index in [1.807, 2.05) is 30.3 Å². The summed E-state index contributed by atoms with van der Waals surface area (Å²) in [7, 11) is 3.32. The van der Waals surface area contributed by atoms with Gasteiger partial charge >= 0.3 is 0 Å². The third-order valence-corrected chi connectivity index (χ3v) is 4.38. The molecule has 0 radical (unpaired) electrons. The number of thiophene rings is 1. The zero-order chi connectivity index (χ0) is 14.1. The van der Waals surface area contributed by atoms with Gasteiger partial charge in [0.15, 0.2) is 0 Å². The SMILES string of the molecule is COc1ccc(-c2cc3ccc(OC)cc3s2)c(N)c1. The van der Waals surface area contributed by atoms with Crippen LogP contribution in [-0.2, 0) is 0 Å². The average molecular weight is 285 g/mol. The number of rotatable bonds is 3. The lowest BCUT2D eigenvalue weighted by Gasteiger charge is -2.05. The summed E-state index contributed by atoms with van der Waals surface area (Å²) in [5.41, 5.74) is 7.87. The highest BCUT2D eigenvalue weighted by Crippen LogP contribution is 2.38. The molecule has 0 fully saturated rings. The van der Waals surface area contributed by atoms with Crippen molar-refractivity contribution in [2.75, 3.05) is 20.0 Å². The Kier molecular flexibility index (Phi) is 3.24. The summed E-state index contributed by atoms with van der Waals surface area (Å²) in [6.07, 6.45) is 0. The second-order valence-electron chi connectivity index (χ2n) is 4.47. The van der Waals surface area contributed by atoms with Gasteiger partial charge in [-0.25, -0.2) is 0 Å². The molecule has 0 aliphatic carbocycles. The third kappa shape index (κ3) is 2.18. The van der Waals surface area contributed by atoms with Crippen LogP contribution in [0.1, 0.15) is 0 Å². The quantitative estimate of drug-likeness (QED) is 0.735. The molecule has 0 saturated carbocycles. The van der Waals surface area contributed by atoms with Crippen LogP contribution in [0.5, 0.6) is 11.5 Å². The molecule has 0 bridgehead atoms. The number of hydrogen-bond acceptors (Lipinski definition) is 4. The van der Waals surface area contributed by atoms with Crippen molar-refractivity contribution in [1.82, 2.24) is 0 Å². The second-order valence-corrected chi connectivity index (χ2v) is 5.55. The molecule has 0 aliphatic rings. The number of ether oxygens (including phenoxy) is 2. The second kappa shape index (κ2) is 5.06. The molecule has 0 saturated heterocycles. The number of methoxy groups -OCH3 is 2. The Bertz CT molecular complexity index is 764. The molecule has 3 aromatic rings. The fourth-order valence-electron chi connectivity index (χ4n) is 2.16. The minimum atomic E-state index is 0.725. The summed E-state index contributed by atoms with van der Waals surface area (Å²) < 4.78 is 11.6.